The summed E-state index contributed by atoms with van der Waals surface area (Å²) >= 11 is 0. The number of allylic oxidation sites excluding steroid dienone is 2. The Labute approximate surface area is 143 Å². The first-order valence-corrected chi connectivity index (χ1v) is 9.01. The largest absolute Gasteiger partial charge is 0.295 e. The van der Waals surface area contributed by atoms with E-state index in [1.807, 2.05) is 6.08 Å². The molecular weight excluding hydrogens is 292 g/mol. The predicted molar refractivity (Wildman–Crippen MR) is 95.8 cm³/mol. The molecule has 0 amide bonds. The van der Waals surface area contributed by atoms with Crippen molar-refractivity contribution in [3.05, 3.63) is 83.4 Å². The topological polar surface area (TPSA) is 17.1 Å². The van der Waals surface area contributed by atoms with Gasteiger partial charge in [-0.3, -0.25) is 4.79 Å². The maximum absolute atomic E-state index is 12.1. The molecule has 1 heteroatoms. The van der Waals surface area contributed by atoms with Crippen LogP contribution in [0, 0.1) is 11.3 Å². The highest BCUT2D eigenvalue weighted by atomic mass is 16.1. The second-order valence-corrected chi connectivity index (χ2v) is 8.08. The number of carbonyl (C=O) groups is 1. The molecule has 0 bridgehead atoms. The van der Waals surface area contributed by atoms with Crippen molar-refractivity contribution in [1.29, 1.82) is 0 Å². The van der Waals surface area contributed by atoms with Gasteiger partial charge in [-0.25, -0.2) is 0 Å². The molecular formula is C23H22O. The van der Waals surface area contributed by atoms with E-state index < -0.39 is 0 Å². The van der Waals surface area contributed by atoms with E-state index in [0.29, 0.717) is 24.0 Å². The number of fused-ring (bicyclic) bond motifs is 3. The van der Waals surface area contributed by atoms with Crippen molar-refractivity contribution < 1.29 is 4.79 Å². The molecule has 120 valence electrons. The first kappa shape index (κ1) is 14.2. The van der Waals surface area contributed by atoms with Crippen LogP contribution in [-0.2, 0) is 10.2 Å². The Morgan fingerprint density at radius 2 is 1.58 bits per heavy atom. The number of hydrogen-bond acceptors (Lipinski definition) is 1. The van der Waals surface area contributed by atoms with Crippen LogP contribution >= 0.6 is 0 Å². The molecule has 2 aromatic rings. The second kappa shape index (κ2) is 4.69. The minimum absolute atomic E-state index is 0.188. The summed E-state index contributed by atoms with van der Waals surface area (Å²) in [6.45, 7) is 2.38. The normalized spacial score (nSPS) is 36.7. The predicted octanol–water partition coefficient (Wildman–Crippen LogP) is 5.04. The highest BCUT2D eigenvalue weighted by Crippen LogP contribution is 2.80. The van der Waals surface area contributed by atoms with Crippen molar-refractivity contribution in [3.8, 4) is 0 Å². The Bertz CT molecular complexity index is 835. The van der Waals surface area contributed by atoms with E-state index in [9.17, 15) is 4.79 Å². The Morgan fingerprint density at radius 3 is 2.29 bits per heavy atom. The highest BCUT2D eigenvalue weighted by Gasteiger charge is 2.74. The summed E-state index contributed by atoms with van der Waals surface area (Å²) in [5.41, 5.74) is 4.70. The zero-order valence-electron chi connectivity index (χ0n) is 14.0. The van der Waals surface area contributed by atoms with E-state index in [-0.39, 0.29) is 10.8 Å². The molecule has 4 atom stereocenters. The minimum atomic E-state index is 0.188. The zero-order chi connectivity index (χ0) is 16.4. The standard InChI is InChI=1S/C23H22O/c1-22-13-12-18(24)14-19(22)21-20(16-8-4-2-5-9-16)23(21,15-22)17-10-6-3-7-11-17/h2-11,14,20-21H,12-13,15H2,1H3/t20-,21-,22-,23-/m0/s1. The molecule has 0 heterocycles. The third kappa shape index (κ3) is 1.73. The molecule has 2 saturated carbocycles. The first-order chi connectivity index (χ1) is 11.7. The summed E-state index contributed by atoms with van der Waals surface area (Å²) < 4.78 is 0. The molecule has 0 unspecified atom stereocenters. The summed E-state index contributed by atoms with van der Waals surface area (Å²) in [7, 11) is 0. The lowest BCUT2D eigenvalue weighted by atomic mass is 9.69. The zero-order valence-corrected chi connectivity index (χ0v) is 14.0. The molecule has 5 rings (SSSR count). The van der Waals surface area contributed by atoms with E-state index in [2.05, 4.69) is 67.6 Å². The van der Waals surface area contributed by atoms with Gasteiger partial charge in [-0.15, -0.1) is 0 Å². The molecule has 24 heavy (non-hydrogen) atoms. The van der Waals surface area contributed by atoms with Crippen LogP contribution in [0.15, 0.2) is 72.3 Å². The Hall–Kier alpha value is -2.15. The van der Waals surface area contributed by atoms with Crippen molar-refractivity contribution in [1.82, 2.24) is 0 Å². The summed E-state index contributed by atoms with van der Waals surface area (Å²) in [5.74, 6) is 1.34. The van der Waals surface area contributed by atoms with E-state index >= 15 is 0 Å². The van der Waals surface area contributed by atoms with Gasteiger partial charge in [-0.1, -0.05) is 73.2 Å². The highest BCUT2D eigenvalue weighted by molar-refractivity contribution is 5.92. The summed E-state index contributed by atoms with van der Waals surface area (Å²) in [4.78, 5) is 12.1. The Kier molecular flexibility index (Phi) is 2.78. The van der Waals surface area contributed by atoms with Gasteiger partial charge in [-0.05, 0) is 41.4 Å². The van der Waals surface area contributed by atoms with Crippen LogP contribution in [0.25, 0.3) is 0 Å². The van der Waals surface area contributed by atoms with Crippen molar-refractivity contribution >= 4 is 5.78 Å². The van der Waals surface area contributed by atoms with Crippen LogP contribution in [0.2, 0.25) is 0 Å². The van der Waals surface area contributed by atoms with Crippen LogP contribution in [-0.4, -0.2) is 5.78 Å². The van der Waals surface area contributed by atoms with Gasteiger partial charge in [0.05, 0.1) is 0 Å². The van der Waals surface area contributed by atoms with Crippen molar-refractivity contribution in [2.75, 3.05) is 0 Å². The van der Waals surface area contributed by atoms with Gasteiger partial charge >= 0.3 is 0 Å². The first-order valence-electron chi connectivity index (χ1n) is 9.01. The molecule has 0 aromatic heterocycles. The quantitative estimate of drug-likeness (QED) is 0.759. The SMILES string of the molecule is C[C@@]12CCC(=O)C=C1[C@H]1[C@H](c3ccccc3)[C@@]1(c1ccccc1)C2. The molecule has 3 aliphatic rings. The van der Waals surface area contributed by atoms with Gasteiger partial charge in [0.1, 0.15) is 0 Å². The molecule has 0 spiro atoms. The monoisotopic (exact) mass is 314 g/mol. The number of carbonyl (C=O) groups excluding carboxylic acids is 1. The number of rotatable bonds is 2. The summed E-state index contributed by atoms with van der Waals surface area (Å²) in [6, 6.07) is 21.9. The maximum atomic E-state index is 12.1. The minimum Gasteiger partial charge on any atom is -0.295 e. The second-order valence-electron chi connectivity index (χ2n) is 8.08. The molecule has 1 nitrogen and oxygen atoms in total. The lowest BCUT2D eigenvalue weighted by Crippen LogP contribution is -2.26. The third-order valence-corrected chi connectivity index (χ3v) is 6.76. The number of ketones is 1. The maximum Gasteiger partial charge on any atom is 0.155 e. The molecule has 0 saturated heterocycles. The number of hydrogen-bond donors (Lipinski definition) is 0. The smallest absolute Gasteiger partial charge is 0.155 e. The third-order valence-electron chi connectivity index (χ3n) is 6.76. The van der Waals surface area contributed by atoms with Crippen molar-refractivity contribution in [3.63, 3.8) is 0 Å². The van der Waals surface area contributed by atoms with E-state index in [1.54, 1.807) is 0 Å². The van der Waals surface area contributed by atoms with Crippen LogP contribution in [0.4, 0.5) is 0 Å². The van der Waals surface area contributed by atoms with Gasteiger partial charge in [0.15, 0.2) is 5.78 Å². The summed E-state index contributed by atoms with van der Waals surface area (Å²) in [6.07, 6.45) is 4.91. The van der Waals surface area contributed by atoms with Crippen molar-refractivity contribution in [2.24, 2.45) is 11.3 Å². The van der Waals surface area contributed by atoms with Crippen molar-refractivity contribution in [2.45, 2.75) is 37.5 Å². The lowest BCUT2D eigenvalue weighted by molar-refractivity contribution is -0.115. The van der Waals surface area contributed by atoms with Gasteiger partial charge in [0.2, 0.25) is 0 Å². The van der Waals surface area contributed by atoms with Gasteiger partial charge in [0, 0.05) is 17.8 Å². The van der Waals surface area contributed by atoms with E-state index in [0.717, 1.165) is 6.42 Å². The Morgan fingerprint density at radius 1 is 0.917 bits per heavy atom. The molecule has 2 fully saturated rings. The van der Waals surface area contributed by atoms with Crippen LogP contribution < -0.4 is 0 Å². The average molecular weight is 314 g/mol. The van der Waals surface area contributed by atoms with Gasteiger partial charge < -0.3 is 0 Å². The van der Waals surface area contributed by atoms with Gasteiger partial charge in [0.25, 0.3) is 0 Å². The van der Waals surface area contributed by atoms with Crippen LogP contribution in [0.3, 0.4) is 0 Å². The summed E-state index contributed by atoms with van der Waals surface area (Å²) in [5, 5.41) is 0. The fraction of sp³-hybridized carbons (Fsp3) is 0.348. The van der Waals surface area contributed by atoms with E-state index in [4.69, 9.17) is 0 Å². The Balaban J connectivity index is 1.68. The molecule has 3 aliphatic carbocycles. The lowest BCUT2D eigenvalue weighted by Gasteiger charge is -2.34. The molecule has 0 aliphatic heterocycles. The van der Waals surface area contributed by atoms with Crippen LogP contribution in [0.5, 0.6) is 0 Å². The molecule has 0 N–H and O–H groups in total. The van der Waals surface area contributed by atoms with E-state index in [1.165, 1.54) is 23.1 Å². The fourth-order valence-electron chi connectivity index (χ4n) is 5.74. The molecule has 2 aromatic carbocycles. The number of benzene rings is 2. The van der Waals surface area contributed by atoms with Crippen LogP contribution in [0.1, 0.15) is 43.2 Å². The average Bonchev–Trinajstić information content (AvgIpc) is 3.19. The fourth-order valence-corrected chi connectivity index (χ4v) is 5.74. The van der Waals surface area contributed by atoms with Gasteiger partial charge in [-0.2, -0.15) is 0 Å². The molecule has 0 radical (unpaired) electrons.